The molecule has 254 valence electrons. The Morgan fingerprint density at radius 2 is 1.06 bits per heavy atom. The van der Waals surface area contributed by atoms with Crippen LogP contribution in [0.3, 0.4) is 0 Å². The van der Waals surface area contributed by atoms with E-state index in [1.807, 2.05) is 27.7 Å². The molecule has 0 N–H and O–H groups in total. The third kappa shape index (κ3) is 5.11. The summed E-state index contributed by atoms with van der Waals surface area (Å²) in [5.74, 6) is 0. The average Bonchev–Trinajstić information content (AvgIpc) is 2.40. The highest BCUT2D eigenvalue weighted by Crippen LogP contribution is 2.45. The molecule has 7 aromatic carbocycles. The van der Waals surface area contributed by atoms with Crippen LogP contribution in [0, 0.1) is 0 Å². The van der Waals surface area contributed by atoms with Gasteiger partial charge in [0.2, 0.25) is 0 Å². The van der Waals surface area contributed by atoms with E-state index >= 15 is 0 Å². The summed E-state index contributed by atoms with van der Waals surface area (Å²) in [6, 6.07) is -20.0. The molecule has 1 aliphatic carbocycles. The summed E-state index contributed by atoms with van der Waals surface area (Å²) in [5.41, 5.74) is -3.56. The predicted molar refractivity (Wildman–Crippen MR) is 225 cm³/mol. The van der Waals surface area contributed by atoms with Gasteiger partial charge >= 0.3 is 0 Å². The van der Waals surface area contributed by atoms with Gasteiger partial charge in [-0.25, -0.2) is 0 Å². The summed E-state index contributed by atoms with van der Waals surface area (Å²) in [7, 11) is -5.75. The first-order valence-corrected chi connectivity index (χ1v) is 18.6. The van der Waals surface area contributed by atoms with Gasteiger partial charge in [0.25, 0.3) is 0 Å². The molecule has 0 saturated heterocycles. The Morgan fingerprint density at radius 1 is 0.481 bits per heavy atom. The zero-order chi connectivity index (χ0) is 58.1. The molecule has 0 fully saturated rings. The lowest BCUT2D eigenvalue weighted by molar-refractivity contribution is 0.332. The van der Waals surface area contributed by atoms with Gasteiger partial charge in [-0.1, -0.05) is 173 Å². The van der Waals surface area contributed by atoms with Gasteiger partial charge in [-0.15, -0.1) is 0 Å². The van der Waals surface area contributed by atoms with Crippen LogP contribution in [0.15, 0.2) is 175 Å². The summed E-state index contributed by atoms with van der Waals surface area (Å²) in [4.78, 5) is 0. The zero-order valence-corrected chi connectivity index (χ0v) is 29.6. The third-order valence-corrected chi connectivity index (χ3v) is 14.3. The monoisotopic (exact) mass is 713 g/mol. The van der Waals surface area contributed by atoms with Crippen molar-refractivity contribution in [2.24, 2.45) is 0 Å². The molecule has 0 amide bonds. The molecule has 0 radical (unpaired) electrons. The number of hydrogen-bond acceptors (Lipinski definition) is 0. The van der Waals surface area contributed by atoms with Crippen LogP contribution >= 0.6 is 0 Å². The van der Waals surface area contributed by atoms with Crippen LogP contribution in [0.25, 0.3) is 38.6 Å². The van der Waals surface area contributed by atoms with Gasteiger partial charge in [0, 0.05) is 16.5 Å². The molecular weight excluding hydrogens is 643 g/mol. The fraction of sp³-hybridized carbons (Fsp3) is 0.160. The maximum atomic E-state index is 10.6. The van der Waals surface area contributed by atoms with Crippen molar-refractivity contribution in [2.75, 3.05) is 0 Å². The molecule has 1 nitrogen and oxygen atoms in total. The van der Waals surface area contributed by atoms with Gasteiger partial charge < -0.3 is 4.57 Å². The molecule has 0 spiro atoms. The molecule has 0 aliphatic heterocycles. The Kier molecular flexibility index (Phi) is 3.54. The van der Waals surface area contributed by atoms with E-state index in [0.717, 1.165) is 10.1 Å². The lowest BCUT2D eigenvalue weighted by Crippen LogP contribution is -2.75. The first-order valence-electron chi connectivity index (χ1n) is 29.6. The van der Waals surface area contributed by atoms with Crippen LogP contribution in [0.2, 0.25) is 0 Å². The van der Waals surface area contributed by atoms with Crippen LogP contribution in [-0.2, 0) is 10.8 Å². The second-order valence-corrected chi connectivity index (χ2v) is 17.6. The highest BCUT2D eigenvalue weighted by molar-refractivity contribution is 7.19. The molecule has 9 rings (SSSR count). The quantitative estimate of drug-likeness (QED) is 0.119. The molecule has 1 aromatic heterocycles. The highest BCUT2D eigenvalue weighted by atomic mass is 28.3. The van der Waals surface area contributed by atoms with Gasteiger partial charge in [0.15, 0.2) is 8.07 Å². The van der Waals surface area contributed by atoms with Crippen molar-refractivity contribution in [1.29, 1.82) is 0 Å². The van der Waals surface area contributed by atoms with E-state index in [2.05, 4.69) is 0 Å². The number of rotatable bonds is 6. The van der Waals surface area contributed by atoms with Crippen molar-refractivity contribution >= 4 is 50.6 Å². The zero-order valence-electron chi connectivity index (χ0n) is 54.6. The van der Waals surface area contributed by atoms with E-state index in [0.29, 0.717) is 18.4 Å². The summed E-state index contributed by atoms with van der Waals surface area (Å²) in [5, 5.41) is -3.53. The van der Waals surface area contributed by atoms with E-state index in [4.69, 9.17) is 17.8 Å². The molecule has 2 heteroatoms. The van der Waals surface area contributed by atoms with Crippen molar-refractivity contribution in [1.82, 2.24) is 4.57 Å². The summed E-state index contributed by atoms with van der Waals surface area (Å²) < 4.78 is 241. The molecule has 0 atom stereocenters. The Morgan fingerprint density at radius 3 is 1.75 bits per heavy atom. The first-order chi connectivity index (χ1) is 36.1. The summed E-state index contributed by atoms with van der Waals surface area (Å²) >= 11 is 0. The van der Waals surface area contributed by atoms with Gasteiger partial charge in [0.05, 0.1) is 46.7 Å². The number of hydrogen-bond donors (Lipinski definition) is 0. The van der Waals surface area contributed by atoms with Gasteiger partial charge in [0.1, 0.15) is 0 Å². The van der Waals surface area contributed by atoms with Crippen molar-refractivity contribution in [3.63, 3.8) is 0 Å². The first kappa shape index (κ1) is 14.9. The van der Waals surface area contributed by atoms with E-state index in [9.17, 15) is 17.8 Å². The van der Waals surface area contributed by atoms with Gasteiger partial charge in [-0.05, 0) is 96.9 Å². The van der Waals surface area contributed by atoms with Crippen molar-refractivity contribution in [2.45, 2.75) is 51.4 Å². The maximum Gasteiger partial charge on any atom is 0.179 e. The normalized spacial score (nSPS) is 22.1. The minimum absolute atomic E-state index is 0.0929. The Labute approximate surface area is 345 Å². The number of para-hydroxylation sites is 1. The lowest BCUT2D eigenvalue weighted by Gasteiger charge is -2.43. The molecule has 1 aliphatic rings. The number of nitrogens with zero attached hydrogens (tertiary/aromatic N) is 1. The predicted octanol–water partition coefficient (Wildman–Crippen LogP) is 10.2. The Bertz CT molecular complexity index is 3910. The minimum atomic E-state index is -5.75. The lowest BCUT2D eigenvalue weighted by atomic mass is 9.63. The van der Waals surface area contributed by atoms with Crippen LogP contribution in [0.1, 0.15) is 87.3 Å². The van der Waals surface area contributed by atoms with Crippen LogP contribution in [0.4, 0.5) is 0 Å². The second-order valence-electron chi connectivity index (χ2n) is 14.0. The molecular formula is C50H45NSi. The van der Waals surface area contributed by atoms with Crippen LogP contribution in [-0.4, -0.2) is 12.6 Å². The maximum absolute atomic E-state index is 10.6. The number of aromatic nitrogens is 1. The smallest absolute Gasteiger partial charge is 0.179 e. The minimum Gasteiger partial charge on any atom is -0.309 e. The fourth-order valence-corrected chi connectivity index (χ4v) is 11.2. The molecule has 8 aromatic rings. The summed E-state index contributed by atoms with van der Waals surface area (Å²) in [6.45, 7) is 7.84. The topological polar surface area (TPSA) is 4.93 Å². The number of benzene rings is 7. The second kappa shape index (κ2) is 12.4. The molecule has 52 heavy (non-hydrogen) atoms. The molecule has 1 heterocycles. The van der Waals surface area contributed by atoms with E-state index in [1.165, 1.54) is 6.07 Å². The standard InChI is InChI=1S/C50H45NSi/c1-49(2)31-32-50(3,4)46-35-42(28-29-45(46)49)52(39-20-10-6-11-21-39,40-22-12-7-13-23-40)41-24-16-19-38(34-41)51-47-26-15-14-25-43(47)44-33-37(27-30-48(44)51)36-17-8-5-9-18-36/h5-30,33-35H,31-32H2,1-4H3/i5D,6D,7D,8D,9D,10D,11D,12D,13D,14D,15D,16D,17D,18D,19D,20D,21D,22D,23D,24D,25D,26D,27D,30D,33D,34D. The SMILES string of the molecule is [2H]c1c([2H])c([2H])c(-c2c([2H])c([2H])c3c(c2[2H])c2c([2H])c([2H])c([2H])c([2H])c2n3-c2c([2H])c([2H])c([2H])c([Si](c3ccc4c(c3)C(C)(C)CCC4(C)C)(c3c([2H])c([2H])c([2H])c([2H])c3[2H])c3c([2H])c([2H])c([2H])c([2H])c3[2H])c2[2H])c([2H])c1[2H]. The largest absolute Gasteiger partial charge is 0.309 e. The Hall–Kier alpha value is -5.44. The van der Waals surface area contributed by atoms with Crippen LogP contribution in [0.5, 0.6) is 0 Å². The van der Waals surface area contributed by atoms with E-state index in [-0.39, 0.29) is 5.19 Å². The number of fused-ring (bicyclic) bond motifs is 4. The summed E-state index contributed by atoms with van der Waals surface area (Å²) in [6.07, 6.45) is 1.25. The van der Waals surface area contributed by atoms with E-state index < -0.39 is 230 Å². The van der Waals surface area contributed by atoms with Gasteiger partial charge in [-0.2, -0.15) is 0 Å². The fourth-order valence-electron chi connectivity index (χ4n) is 7.38. The molecule has 0 saturated carbocycles. The molecule has 0 unspecified atom stereocenters. The van der Waals surface area contributed by atoms with E-state index in [1.54, 1.807) is 12.1 Å². The van der Waals surface area contributed by atoms with Gasteiger partial charge in [-0.3, -0.25) is 0 Å². The van der Waals surface area contributed by atoms with Crippen molar-refractivity contribution in [3.8, 4) is 16.8 Å². The molecule has 0 bridgehead atoms. The van der Waals surface area contributed by atoms with Crippen molar-refractivity contribution in [3.05, 3.63) is 186 Å². The van der Waals surface area contributed by atoms with Crippen LogP contribution < -0.4 is 20.7 Å². The Balaban J connectivity index is 1.64. The average molecular weight is 714 g/mol. The highest BCUT2D eigenvalue weighted by Gasteiger charge is 2.44. The third-order valence-electron chi connectivity index (χ3n) is 10.2. The van der Waals surface area contributed by atoms with Crippen molar-refractivity contribution < 1.29 is 35.6 Å².